The van der Waals surface area contributed by atoms with Gasteiger partial charge in [0.05, 0.1) is 22.6 Å². The predicted molar refractivity (Wildman–Crippen MR) is 130 cm³/mol. The maximum atomic E-state index is 12.1. The van der Waals surface area contributed by atoms with Crippen molar-refractivity contribution in [3.63, 3.8) is 0 Å². The van der Waals surface area contributed by atoms with Crippen LogP contribution in [0.25, 0.3) is 45.4 Å². The van der Waals surface area contributed by atoms with Crippen LogP contribution < -0.4 is 5.32 Å². The number of rotatable bonds is 4. The molecule has 3 aromatic heterocycles. The zero-order valence-electron chi connectivity index (χ0n) is 18.2. The molecule has 2 N–H and O–H groups in total. The largest absolute Gasteiger partial charge is 0.356 e. The van der Waals surface area contributed by atoms with Crippen LogP contribution in [-0.4, -0.2) is 37.4 Å². The van der Waals surface area contributed by atoms with Crippen molar-refractivity contribution in [2.24, 2.45) is 0 Å². The Morgan fingerprint density at radius 1 is 0.706 bits per heavy atom. The summed E-state index contributed by atoms with van der Waals surface area (Å²) in [6, 6.07) is 23.6. The molecule has 4 heterocycles. The van der Waals surface area contributed by atoms with Gasteiger partial charge in [-0.15, -0.1) is 0 Å². The fourth-order valence-corrected chi connectivity index (χ4v) is 4.12. The molecule has 0 bridgehead atoms. The first-order valence-electron chi connectivity index (χ1n) is 11.1. The summed E-state index contributed by atoms with van der Waals surface area (Å²) in [5.74, 6) is 1.27. The second-order valence-electron chi connectivity index (χ2n) is 8.06. The zero-order valence-corrected chi connectivity index (χ0v) is 18.2. The molecule has 0 spiro atoms. The summed E-state index contributed by atoms with van der Waals surface area (Å²) in [6.45, 7) is 0.645. The Morgan fingerprint density at radius 3 is 2.09 bits per heavy atom. The SMILES string of the molecule is O=C1NCCc2[nH]c(-c3ccnc(-c4ccc(-c5ccnc(-c6ccccc6)n5)cc4)n3)cc21. The normalized spacial score (nSPS) is 12.8. The number of carbonyl (C=O) groups excluding carboxylic acids is 1. The van der Waals surface area contributed by atoms with Crippen LogP contribution in [0, 0.1) is 0 Å². The van der Waals surface area contributed by atoms with Crippen LogP contribution in [0.5, 0.6) is 0 Å². The van der Waals surface area contributed by atoms with Crippen molar-refractivity contribution in [2.75, 3.05) is 6.54 Å². The third-order valence-electron chi connectivity index (χ3n) is 5.86. The van der Waals surface area contributed by atoms with Gasteiger partial charge >= 0.3 is 0 Å². The van der Waals surface area contributed by atoms with Crippen molar-refractivity contribution in [3.05, 3.63) is 96.4 Å². The van der Waals surface area contributed by atoms with E-state index in [4.69, 9.17) is 9.97 Å². The van der Waals surface area contributed by atoms with E-state index >= 15 is 0 Å². The average molecular weight is 444 g/mol. The van der Waals surface area contributed by atoms with Gasteiger partial charge in [0.2, 0.25) is 0 Å². The molecule has 0 fully saturated rings. The topological polar surface area (TPSA) is 96.5 Å². The Labute approximate surface area is 196 Å². The van der Waals surface area contributed by atoms with E-state index in [-0.39, 0.29) is 5.91 Å². The highest BCUT2D eigenvalue weighted by Crippen LogP contribution is 2.26. The molecular weight excluding hydrogens is 424 g/mol. The first-order chi connectivity index (χ1) is 16.7. The molecule has 0 saturated heterocycles. The highest BCUT2D eigenvalue weighted by atomic mass is 16.1. The minimum atomic E-state index is -0.0474. The van der Waals surface area contributed by atoms with Crippen LogP contribution in [0.4, 0.5) is 0 Å². The molecular formula is C27H20N6O. The molecule has 1 aliphatic heterocycles. The van der Waals surface area contributed by atoms with Crippen molar-refractivity contribution >= 4 is 5.91 Å². The number of nitrogens with one attached hydrogen (secondary N) is 2. The van der Waals surface area contributed by atoms with Gasteiger partial charge in [-0.1, -0.05) is 54.6 Å². The van der Waals surface area contributed by atoms with E-state index in [1.807, 2.05) is 72.8 Å². The molecule has 7 nitrogen and oxygen atoms in total. The zero-order chi connectivity index (χ0) is 22.9. The summed E-state index contributed by atoms with van der Waals surface area (Å²) in [6.07, 6.45) is 4.30. The molecule has 5 aromatic rings. The lowest BCUT2D eigenvalue weighted by Gasteiger charge is -2.10. The van der Waals surface area contributed by atoms with Gasteiger partial charge in [0.1, 0.15) is 0 Å². The molecule has 34 heavy (non-hydrogen) atoms. The minimum absolute atomic E-state index is 0.0474. The number of aromatic amines is 1. The molecule has 2 aromatic carbocycles. The summed E-state index contributed by atoms with van der Waals surface area (Å²) in [4.78, 5) is 33.8. The van der Waals surface area contributed by atoms with Gasteiger partial charge in [0, 0.05) is 47.7 Å². The standard InChI is InChI=1S/C27H20N6O/c34-27-20-16-24(31-22(20)11-15-30-27)23-12-14-29-26(33-23)19-8-6-17(7-9-19)21-10-13-28-25(32-21)18-4-2-1-3-5-18/h1-10,12-14,16,31H,11,15H2,(H,30,34). The van der Waals surface area contributed by atoms with Crippen LogP contribution in [0.15, 0.2) is 85.2 Å². The minimum Gasteiger partial charge on any atom is -0.356 e. The number of aromatic nitrogens is 5. The van der Waals surface area contributed by atoms with Crippen LogP contribution >= 0.6 is 0 Å². The third-order valence-corrected chi connectivity index (χ3v) is 5.86. The summed E-state index contributed by atoms with van der Waals surface area (Å²) in [5, 5.41) is 2.87. The maximum absolute atomic E-state index is 12.1. The lowest BCUT2D eigenvalue weighted by atomic mass is 10.1. The summed E-state index contributed by atoms with van der Waals surface area (Å²) < 4.78 is 0. The number of benzene rings is 2. The highest BCUT2D eigenvalue weighted by molar-refractivity contribution is 5.97. The van der Waals surface area contributed by atoms with Gasteiger partial charge in [-0.25, -0.2) is 19.9 Å². The van der Waals surface area contributed by atoms with Crippen LogP contribution in [-0.2, 0) is 6.42 Å². The van der Waals surface area contributed by atoms with Gasteiger partial charge in [0.25, 0.3) is 5.91 Å². The molecule has 7 heteroatoms. The first kappa shape index (κ1) is 20.0. The fraction of sp³-hybridized carbons (Fsp3) is 0.0741. The molecule has 1 amide bonds. The summed E-state index contributed by atoms with van der Waals surface area (Å²) in [7, 11) is 0. The van der Waals surface area contributed by atoms with Crippen LogP contribution in [0.2, 0.25) is 0 Å². The van der Waals surface area contributed by atoms with Crippen molar-refractivity contribution in [1.82, 2.24) is 30.2 Å². The molecule has 0 aliphatic carbocycles. The Hall–Kier alpha value is -4.65. The van der Waals surface area contributed by atoms with E-state index in [1.54, 1.807) is 12.4 Å². The van der Waals surface area contributed by atoms with Crippen molar-refractivity contribution < 1.29 is 4.79 Å². The molecule has 0 saturated carbocycles. The number of H-pyrrole nitrogens is 1. The number of hydrogen-bond donors (Lipinski definition) is 2. The van der Waals surface area contributed by atoms with Crippen LogP contribution in [0.3, 0.4) is 0 Å². The lowest BCUT2D eigenvalue weighted by molar-refractivity contribution is 0.0946. The number of hydrogen-bond acceptors (Lipinski definition) is 5. The van der Waals surface area contributed by atoms with E-state index < -0.39 is 0 Å². The number of carbonyl (C=O) groups is 1. The molecule has 0 radical (unpaired) electrons. The second-order valence-corrected chi connectivity index (χ2v) is 8.06. The van der Waals surface area contributed by atoms with Gasteiger partial charge in [0.15, 0.2) is 11.6 Å². The Balaban J connectivity index is 1.29. The van der Waals surface area contributed by atoms with Crippen LogP contribution in [0.1, 0.15) is 16.1 Å². The summed E-state index contributed by atoms with van der Waals surface area (Å²) >= 11 is 0. The monoisotopic (exact) mass is 444 g/mol. The summed E-state index contributed by atoms with van der Waals surface area (Å²) in [5.41, 5.74) is 6.92. The number of nitrogens with zero attached hydrogens (tertiary/aromatic N) is 4. The van der Waals surface area contributed by atoms with Gasteiger partial charge in [-0.05, 0) is 18.2 Å². The van der Waals surface area contributed by atoms with E-state index in [1.165, 1.54) is 0 Å². The highest BCUT2D eigenvalue weighted by Gasteiger charge is 2.20. The smallest absolute Gasteiger partial charge is 0.253 e. The van der Waals surface area contributed by atoms with E-state index in [2.05, 4.69) is 20.3 Å². The molecule has 1 aliphatic rings. The second kappa shape index (κ2) is 8.37. The Morgan fingerprint density at radius 2 is 1.35 bits per heavy atom. The Bertz CT molecular complexity index is 1490. The Kier molecular flexibility index (Phi) is 4.92. The molecule has 0 unspecified atom stereocenters. The van der Waals surface area contributed by atoms with E-state index in [0.717, 1.165) is 45.9 Å². The van der Waals surface area contributed by atoms with Gasteiger partial charge < -0.3 is 10.3 Å². The first-order valence-corrected chi connectivity index (χ1v) is 11.1. The van der Waals surface area contributed by atoms with E-state index in [9.17, 15) is 4.79 Å². The molecule has 0 atom stereocenters. The lowest BCUT2D eigenvalue weighted by Crippen LogP contribution is -2.31. The number of amides is 1. The fourth-order valence-electron chi connectivity index (χ4n) is 4.12. The van der Waals surface area contributed by atoms with Gasteiger partial charge in [-0.2, -0.15) is 0 Å². The van der Waals surface area contributed by atoms with E-state index in [0.29, 0.717) is 23.8 Å². The van der Waals surface area contributed by atoms with Crippen molar-refractivity contribution in [1.29, 1.82) is 0 Å². The predicted octanol–water partition coefficient (Wildman–Crippen LogP) is 4.55. The van der Waals surface area contributed by atoms with Gasteiger partial charge in [-0.3, -0.25) is 4.79 Å². The quantitative estimate of drug-likeness (QED) is 0.424. The van der Waals surface area contributed by atoms with Crippen molar-refractivity contribution in [3.8, 4) is 45.4 Å². The average Bonchev–Trinajstić information content (AvgIpc) is 3.36. The van der Waals surface area contributed by atoms with Crippen molar-refractivity contribution in [2.45, 2.75) is 6.42 Å². The molecule has 6 rings (SSSR count). The number of fused-ring (bicyclic) bond motifs is 1. The third kappa shape index (κ3) is 3.73. The molecule has 164 valence electrons. The maximum Gasteiger partial charge on any atom is 0.253 e.